The molecule has 4 rings (SSSR count). The number of primary amides is 1. The number of carbonyl (C=O) groups excluding carboxylic acids is 1. The van der Waals surface area contributed by atoms with Crippen LogP contribution >= 0.6 is 0 Å². The molecular weight excluding hydrogens is 419 g/mol. The summed E-state index contributed by atoms with van der Waals surface area (Å²) in [5, 5.41) is 3.00. The van der Waals surface area contributed by atoms with E-state index >= 15 is 0 Å². The number of pyridine rings is 1. The van der Waals surface area contributed by atoms with E-state index in [0.717, 1.165) is 17.7 Å². The summed E-state index contributed by atoms with van der Waals surface area (Å²) >= 11 is 0. The number of nitrogens with zero attached hydrogens (tertiary/aromatic N) is 3. The van der Waals surface area contributed by atoms with Gasteiger partial charge < -0.3 is 11.1 Å². The minimum Gasteiger partial charge on any atom is -0.366 e. The van der Waals surface area contributed by atoms with Crippen molar-refractivity contribution >= 4 is 17.5 Å². The first-order chi connectivity index (χ1) is 15.3. The van der Waals surface area contributed by atoms with E-state index in [0.29, 0.717) is 11.4 Å². The van der Waals surface area contributed by atoms with Crippen molar-refractivity contribution in [3.8, 4) is 22.4 Å². The fourth-order valence-corrected chi connectivity index (χ4v) is 3.24. The zero-order valence-corrected chi connectivity index (χ0v) is 16.5. The van der Waals surface area contributed by atoms with E-state index in [4.69, 9.17) is 5.73 Å². The topological polar surface area (TPSA) is 93.8 Å². The molecular formula is C23H16F3N5O. The van der Waals surface area contributed by atoms with Crippen LogP contribution in [0.25, 0.3) is 22.4 Å². The molecule has 32 heavy (non-hydrogen) atoms. The molecule has 0 atom stereocenters. The molecule has 4 aromatic rings. The molecule has 0 aliphatic rings. The SMILES string of the molecule is NC(=O)c1cccc(Nc2nccc(-c3cccnc3)n2)c1-c1cccc(C(F)(F)F)c1. The summed E-state index contributed by atoms with van der Waals surface area (Å²) in [4.78, 5) is 24.8. The van der Waals surface area contributed by atoms with E-state index in [1.165, 1.54) is 18.2 Å². The van der Waals surface area contributed by atoms with Gasteiger partial charge >= 0.3 is 6.18 Å². The molecule has 0 aliphatic carbocycles. The minimum absolute atomic E-state index is 0.0674. The number of alkyl halides is 3. The van der Waals surface area contributed by atoms with Gasteiger partial charge in [-0.1, -0.05) is 18.2 Å². The van der Waals surface area contributed by atoms with Crippen molar-refractivity contribution in [3.63, 3.8) is 0 Å². The predicted molar refractivity (Wildman–Crippen MR) is 114 cm³/mol. The first-order valence-corrected chi connectivity index (χ1v) is 9.44. The van der Waals surface area contributed by atoms with Crippen LogP contribution in [0, 0.1) is 0 Å². The number of nitrogens with one attached hydrogen (secondary N) is 1. The van der Waals surface area contributed by atoms with Gasteiger partial charge in [0.2, 0.25) is 11.9 Å². The Bertz CT molecular complexity index is 1280. The molecule has 0 unspecified atom stereocenters. The molecule has 2 aromatic heterocycles. The van der Waals surface area contributed by atoms with Crippen LogP contribution in [0.2, 0.25) is 0 Å². The molecule has 9 heteroatoms. The van der Waals surface area contributed by atoms with Crippen LogP contribution < -0.4 is 11.1 Å². The molecule has 6 nitrogen and oxygen atoms in total. The lowest BCUT2D eigenvalue weighted by Gasteiger charge is -2.16. The molecule has 160 valence electrons. The van der Waals surface area contributed by atoms with E-state index in [1.54, 1.807) is 42.9 Å². The standard InChI is InChI=1S/C23H16F3N5O/c24-23(25,26)16-6-1-4-14(12-16)20-17(21(27)32)7-2-8-19(20)31-22-29-11-9-18(30-22)15-5-3-10-28-13-15/h1-13H,(H2,27,32)(H,29,30,31). The third-order valence-corrected chi connectivity index (χ3v) is 4.67. The number of benzene rings is 2. The minimum atomic E-state index is -4.54. The van der Waals surface area contributed by atoms with Crippen molar-refractivity contribution in [2.45, 2.75) is 6.18 Å². The fourth-order valence-electron chi connectivity index (χ4n) is 3.24. The molecule has 3 N–H and O–H groups in total. The summed E-state index contributed by atoms with van der Waals surface area (Å²) in [7, 11) is 0. The Morgan fingerprint density at radius 1 is 0.938 bits per heavy atom. The van der Waals surface area contributed by atoms with Crippen LogP contribution in [0.1, 0.15) is 15.9 Å². The quantitative estimate of drug-likeness (QED) is 0.457. The van der Waals surface area contributed by atoms with Gasteiger partial charge in [0.15, 0.2) is 0 Å². The van der Waals surface area contributed by atoms with Gasteiger partial charge in [0.25, 0.3) is 0 Å². The number of nitrogens with two attached hydrogens (primary N) is 1. The van der Waals surface area contributed by atoms with Gasteiger partial charge in [-0.3, -0.25) is 9.78 Å². The number of carbonyl (C=O) groups is 1. The Balaban J connectivity index is 1.80. The third-order valence-electron chi connectivity index (χ3n) is 4.67. The van der Waals surface area contributed by atoms with Crippen molar-refractivity contribution in [1.82, 2.24) is 15.0 Å². The zero-order chi connectivity index (χ0) is 22.7. The van der Waals surface area contributed by atoms with E-state index < -0.39 is 17.6 Å². The number of hydrogen-bond donors (Lipinski definition) is 2. The van der Waals surface area contributed by atoms with Crippen LogP contribution in [0.4, 0.5) is 24.8 Å². The first-order valence-electron chi connectivity index (χ1n) is 9.44. The van der Waals surface area contributed by atoms with Crippen molar-refractivity contribution in [1.29, 1.82) is 0 Å². The van der Waals surface area contributed by atoms with Gasteiger partial charge in [-0.15, -0.1) is 0 Å². The molecule has 0 fully saturated rings. The summed E-state index contributed by atoms with van der Waals surface area (Å²) < 4.78 is 39.8. The Hall–Kier alpha value is -4.27. The highest BCUT2D eigenvalue weighted by Crippen LogP contribution is 2.37. The summed E-state index contributed by atoms with van der Waals surface area (Å²) in [6.45, 7) is 0. The predicted octanol–water partition coefficient (Wildman–Crippen LogP) is 5.07. The van der Waals surface area contributed by atoms with Crippen molar-refractivity contribution in [2.24, 2.45) is 5.73 Å². The number of hydrogen-bond acceptors (Lipinski definition) is 5. The van der Waals surface area contributed by atoms with E-state index in [2.05, 4.69) is 20.3 Å². The fraction of sp³-hybridized carbons (Fsp3) is 0.0435. The molecule has 2 aromatic carbocycles. The maximum atomic E-state index is 13.3. The first kappa shape index (κ1) is 21.0. The van der Waals surface area contributed by atoms with Crippen molar-refractivity contribution < 1.29 is 18.0 Å². The van der Waals surface area contributed by atoms with Gasteiger partial charge in [0, 0.05) is 41.0 Å². The van der Waals surface area contributed by atoms with E-state index in [1.807, 2.05) is 6.07 Å². The molecule has 0 saturated carbocycles. The largest absolute Gasteiger partial charge is 0.416 e. The molecule has 0 spiro atoms. The normalized spacial score (nSPS) is 11.2. The number of halogens is 3. The lowest BCUT2D eigenvalue weighted by molar-refractivity contribution is -0.137. The van der Waals surface area contributed by atoms with Crippen molar-refractivity contribution in [2.75, 3.05) is 5.32 Å². The van der Waals surface area contributed by atoms with Gasteiger partial charge in [-0.25, -0.2) is 9.97 Å². The Morgan fingerprint density at radius 3 is 2.44 bits per heavy atom. The van der Waals surface area contributed by atoms with Crippen LogP contribution in [0.5, 0.6) is 0 Å². The summed E-state index contributed by atoms with van der Waals surface area (Å²) in [6, 6.07) is 14.6. The molecule has 0 saturated heterocycles. The maximum absolute atomic E-state index is 13.3. The summed E-state index contributed by atoms with van der Waals surface area (Å²) in [5.74, 6) is -0.577. The Kier molecular flexibility index (Phi) is 5.55. The second kappa shape index (κ2) is 8.46. The highest BCUT2D eigenvalue weighted by atomic mass is 19.4. The van der Waals surface area contributed by atoms with Gasteiger partial charge in [0.05, 0.1) is 11.3 Å². The average molecular weight is 435 g/mol. The molecule has 0 bridgehead atoms. The highest BCUT2D eigenvalue weighted by Gasteiger charge is 2.31. The second-order valence-corrected chi connectivity index (χ2v) is 6.80. The highest BCUT2D eigenvalue weighted by molar-refractivity contribution is 6.03. The van der Waals surface area contributed by atoms with E-state index in [9.17, 15) is 18.0 Å². The van der Waals surface area contributed by atoms with Crippen LogP contribution in [-0.4, -0.2) is 20.9 Å². The molecule has 2 heterocycles. The number of aromatic nitrogens is 3. The van der Waals surface area contributed by atoms with Gasteiger partial charge in [-0.05, 0) is 48.0 Å². The zero-order valence-electron chi connectivity index (χ0n) is 16.5. The van der Waals surface area contributed by atoms with Crippen LogP contribution in [0.3, 0.4) is 0 Å². The van der Waals surface area contributed by atoms with Crippen LogP contribution in [-0.2, 0) is 6.18 Å². The number of rotatable bonds is 5. The maximum Gasteiger partial charge on any atom is 0.416 e. The smallest absolute Gasteiger partial charge is 0.366 e. The molecule has 1 amide bonds. The van der Waals surface area contributed by atoms with Gasteiger partial charge in [0.1, 0.15) is 0 Å². The van der Waals surface area contributed by atoms with E-state index in [-0.39, 0.29) is 22.6 Å². The molecule has 0 radical (unpaired) electrons. The monoisotopic (exact) mass is 435 g/mol. The number of amides is 1. The lowest BCUT2D eigenvalue weighted by atomic mass is 9.95. The second-order valence-electron chi connectivity index (χ2n) is 6.80. The van der Waals surface area contributed by atoms with Crippen LogP contribution in [0.15, 0.2) is 79.3 Å². The summed E-state index contributed by atoms with van der Waals surface area (Å²) in [5.41, 5.74) is 6.85. The average Bonchev–Trinajstić information content (AvgIpc) is 2.79. The molecule has 0 aliphatic heterocycles. The Labute approximate surface area is 181 Å². The third kappa shape index (κ3) is 4.41. The van der Waals surface area contributed by atoms with Crippen molar-refractivity contribution in [3.05, 3.63) is 90.4 Å². The number of anilines is 2. The lowest BCUT2D eigenvalue weighted by Crippen LogP contribution is -2.14. The Morgan fingerprint density at radius 2 is 1.72 bits per heavy atom. The summed E-state index contributed by atoms with van der Waals surface area (Å²) in [6.07, 6.45) is 0.292. The van der Waals surface area contributed by atoms with Gasteiger partial charge in [-0.2, -0.15) is 13.2 Å².